The van der Waals surface area contributed by atoms with Gasteiger partial charge in [-0.2, -0.15) is 0 Å². The van der Waals surface area contributed by atoms with Gasteiger partial charge in [0.25, 0.3) is 0 Å². The first-order valence-electron chi connectivity index (χ1n) is 9.36. The molecule has 1 amide bonds. The number of rotatable bonds is 3. The Labute approximate surface area is 159 Å². The average molecular weight is 380 g/mol. The van der Waals surface area contributed by atoms with E-state index in [4.69, 9.17) is 15.2 Å². The molecule has 0 aliphatic carbocycles. The molecule has 27 heavy (non-hydrogen) atoms. The van der Waals surface area contributed by atoms with Gasteiger partial charge in [-0.25, -0.2) is 9.18 Å². The fourth-order valence-electron chi connectivity index (χ4n) is 3.27. The van der Waals surface area contributed by atoms with Crippen molar-refractivity contribution in [1.82, 2.24) is 4.90 Å². The van der Waals surface area contributed by atoms with Crippen LogP contribution >= 0.6 is 0 Å². The zero-order valence-corrected chi connectivity index (χ0v) is 16.3. The third-order valence-corrected chi connectivity index (χ3v) is 4.72. The van der Waals surface area contributed by atoms with Gasteiger partial charge >= 0.3 is 6.09 Å². The predicted octanol–water partition coefficient (Wildman–Crippen LogP) is 2.00. The number of benzene rings is 1. The Bertz CT molecular complexity index is 671. The SMILES string of the molecule is CC(C)(C)OC(=O)N1CCN(c2ccc(N3CO[C@@H](CN)C3)cc2F)CC1. The third kappa shape index (κ3) is 4.81. The topological polar surface area (TPSA) is 71.3 Å². The maximum absolute atomic E-state index is 14.7. The zero-order chi connectivity index (χ0) is 19.6. The summed E-state index contributed by atoms with van der Waals surface area (Å²) in [4.78, 5) is 17.8. The van der Waals surface area contributed by atoms with E-state index >= 15 is 0 Å². The molecular formula is C19H29FN4O3. The smallest absolute Gasteiger partial charge is 0.410 e. The Balaban J connectivity index is 1.59. The van der Waals surface area contributed by atoms with Gasteiger partial charge < -0.3 is 29.9 Å². The minimum absolute atomic E-state index is 0.00586. The normalized spacial score (nSPS) is 20.9. The molecule has 8 heteroatoms. The van der Waals surface area contributed by atoms with Crippen molar-refractivity contribution < 1.29 is 18.7 Å². The Kier molecular flexibility index (Phi) is 5.76. The van der Waals surface area contributed by atoms with Crippen molar-refractivity contribution in [1.29, 1.82) is 0 Å². The van der Waals surface area contributed by atoms with Gasteiger partial charge in [0.1, 0.15) is 18.1 Å². The summed E-state index contributed by atoms with van der Waals surface area (Å²) >= 11 is 0. The minimum Gasteiger partial charge on any atom is -0.444 e. The number of amides is 1. The van der Waals surface area contributed by atoms with Gasteiger partial charge in [0.2, 0.25) is 0 Å². The third-order valence-electron chi connectivity index (χ3n) is 4.72. The van der Waals surface area contributed by atoms with Gasteiger partial charge in [0, 0.05) is 45.0 Å². The number of carbonyl (C=O) groups excluding carboxylic acids is 1. The first-order valence-corrected chi connectivity index (χ1v) is 9.36. The molecule has 3 rings (SSSR count). The van der Waals surface area contributed by atoms with Crippen LogP contribution in [0.2, 0.25) is 0 Å². The molecule has 0 spiro atoms. The molecule has 2 heterocycles. The minimum atomic E-state index is -0.516. The summed E-state index contributed by atoms with van der Waals surface area (Å²) in [6.07, 6.45) is -0.324. The van der Waals surface area contributed by atoms with Crippen LogP contribution in [-0.2, 0) is 9.47 Å². The van der Waals surface area contributed by atoms with E-state index in [1.54, 1.807) is 11.0 Å². The summed E-state index contributed by atoms with van der Waals surface area (Å²) in [5.41, 5.74) is 6.45. The van der Waals surface area contributed by atoms with E-state index in [1.165, 1.54) is 6.07 Å². The van der Waals surface area contributed by atoms with Crippen molar-refractivity contribution in [3.05, 3.63) is 24.0 Å². The van der Waals surface area contributed by atoms with Gasteiger partial charge in [0.15, 0.2) is 0 Å². The van der Waals surface area contributed by atoms with Gasteiger partial charge in [-0.1, -0.05) is 0 Å². The van der Waals surface area contributed by atoms with Crippen molar-refractivity contribution in [2.45, 2.75) is 32.5 Å². The number of halogens is 1. The first kappa shape index (κ1) is 19.7. The second kappa shape index (κ2) is 7.90. The first-order chi connectivity index (χ1) is 12.8. The molecule has 2 N–H and O–H groups in total. The standard InChI is InChI=1S/C19H29FN4O3/c1-19(2,3)27-18(25)23-8-6-22(7-9-23)17-5-4-14(10-16(17)20)24-12-15(11-21)26-13-24/h4-5,10,15H,6-9,11-13,21H2,1-3H3/t15-/m0/s1. The molecule has 2 aliphatic heterocycles. The Morgan fingerprint density at radius 2 is 1.96 bits per heavy atom. The molecule has 1 atom stereocenters. The number of ether oxygens (including phenoxy) is 2. The summed E-state index contributed by atoms with van der Waals surface area (Å²) in [5, 5.41) is 0. The number of anilines is 2. The number of nitrogens with zero attached hydrogens (tertiary/aromatic N) is 3. The molecule has 0 radical (unpaired) electrons. The van der Waals surface area contributed by atoms with Crippen LogP contribution in [-0.4, -0.2) is 68.7 Å². The molecule has 0 aromatic heterocycles. The van der Waals surface area contributed by atoms with Crippen LogP contribution < -0.4 is 15.5 Å². The predicted molar refractivity (Wildman–Crippen MR) is 103 cm³/mol. The van der Waals surface area contributed by atoms with E-state index in [1.807, 2.05) is 36.6 Å². The highest BCUT2D eigenvalue weighted by Gasteiger charge is 2.27. The summed E-state index contributed by atoms with van der Waals surface area (Å²) < 4.78 is 25.6. The Morgan fingerprint density at radius 3 is 2.52 bits per heavy atom. The van der Waals surface area contributed by atoms with Crippen molar-refractivity contribution in [2.24, 2.45) is 5.73 Å². The van der Waals surface area contributed by atoms with Crippen LogP contribution in [0.25, 0.3) is 0 Å². The number of hydrogen-bond acceptors (Lipinski definition) is 6. The highest BCUT2D eigenvalue weighted by atomic mass is 19.1. The lowest BCUT2D eigenvalue weighted by Crippen LogP contribution is -2.50. The van der Waals surface area contributed by atoms with Crippen LogP contribution in [0.4, 0.5) is 20.6 Å². The molecule has 2 fully saturated rings. The monoisotopic (exact) mass is 380 g/mol. The summed E-state index contributed by atoms with van der Waals surface area (Å²) in [5.74, 6) is -0.269. The van der Waals surface area contributed by atoms with E-state index in [0.29, 0.717) is 51.7 Å². The van der Waals surface area contributed by atoms with Crippen molar-refractivity contribution in [3.8, 4) is 0 Å². The van der Waals surface area contributed by atoms with Gasteiger partial charge in [-0.15, -0.1) is 0 Å². The van der Waals surface area contributed by atoms with Crippen molar-refractivity contribution in [2.75, 3.05) is 55.8 Å². The number of piperazine rings is 1. The number of carbonyl (C=O) groups is 1. The van der Waals surface area contributed by atoms with E-state index < -0.39 is 5.60 Å². The van der Waals surface area contributed by atoms with E-state index in [-0.39, 0.29) is 18.0 Å². The van der Waals surface area contributed by atoms with E-state index in [0.717, 1.165) is 5.69 Å². The zero-order valence-electron chi connectivity index (χ0n) is 16.3. The van der Waals surface area contributed by atoms with Crippen LogP contribution in [0.15, 0.2) is 18.2 Å². The van der Waals surface area contributed by atoms with E-state index in [2.05, 4.69) is 0 Å². The highest BCUT2D eigenvalue weighted by Crippen LogP contribution is 2.28. The fourth-order valence-corrected chi connectivity index (χ4v) is 3.27. The molecular weight excluding hydrogens is 351 g/mol. The number of hydrogen-bond donors (Lipinski definition) is 1. The van der Waals surface area contributed by atoms with Gasteiger partial charge in [0.05, 0.1) is 11.8 Å². The number of nitrogens with two attached hydrogens (primary N) is 1. The van der Waals surface area contributed by atoms with E-state index in [9.17, 15) is 9.18 Å². The molecule has 1 aromatic rings. The molecule has 1 aromatic carbocycles. The Morgan fingerprint density at radius 1 is 1.26 bits per heavy atom. The second-order valence-electron chi connectivity index (χ2n) is 7.97. The average Bonchev–Trinajstić information content (AvgIpc) is 3.09. The lowest BCUT2D eigenvalue weighted by molar-refractivity contribution is 0.0240. The fraction of sp³-hybridized carbons (Fsp3) is 0.632. The maximum atomic E-state index is 14.7. The highest BCUT2D eigenvalue weighted by molar-refractivity contribution is 5.69. The summed E-state index contributed by atoms with van der Waals surface area (Å²) in [7, 11) is 0. The quantitative estimate of drug-likeness (QED) is 0.865. The summed E-state index contributed by atoms with van der Waals surface area (Å²) in [6.45, 7) is 9.24. The van der Waals surface area contributed by atoms with Crippen molar-refractivity contribution >= 4 is 17.5 Å². The molecule has 150 valence electrons. The van der Waals surface area contributed by atoms with Crippen molar-refractivity contribution in [3.63, 3.8) is 0 Å². The van der Waals surface area contributed by atoms with Crippen LogP contribution in [0.3, 0.4) is 0 Å². The maximum Gasteiger partial charge on any atom is 0.410 e. The van der Waals surface area contributed by atoms with Gasteiger partial charge in [-0.3, -0.25) is 0 Å². The Hall–Kier alpha value is -2.06. The molecule has 7 nitrogen and oxygen atoms in total. The molecule has 2 aliphatic rings. The second-order valence-corrected chi connectivity index (χ2v) is 7.97. The molecule has 0 bridgehead atoms. The molecule has 2 saturated heterocycles. The van der Waals surface area contributed by atoms with Crippen LogP contribution in [0.5, 0.6) is 0 Å². The van der Waals surface area contributed by atoms with Crippen LogP contribution in [0.1, 0.15) is 20.8 Å². The van der Waals surface area contributed by atoms with Gasteiger partial charge in [-0.05, 0) is 39.0 Å². The molecule has 0 saturated carbocycles. The van der Waals surface area contributed by atoms with Crippen LogP contribution in [0, 0.1) is 5.82 Å². The largest absolute Gasteiger partial charge is 0.444 e. The lowest BCUT2D eigenvalue weighted by Gasteiger charge is -2.37. The lowest BCUT2D eigenvalue weighted by atomic mass is 10.2. The summed E-state index contributed by atoms with van der Waals surface area (Å²) in [6, 6.07) is 5.24. The molecule has 0 unspecified atom stereocenters.